The summed E-state index contributed by atoms with van der Waals surface area (Å²) in [6.45, 7) is 2.07. The Balaban J connectivity index is 1.76. The fourth-order valence-corrected chi connectivity index (χ4v) is 3.27. The molecule has 1 heterocycles. The number of benzene rings is 2. The smallest absolute Gasteiger partial charge is 0.255 e. The van der Waals surface area contributed by atoms with Crippen molar-refractivity contribution in [2.45, 2.75) is 13.3 Å². The summed E-state index contributed by atoms with van der Waals surface area (Å²) in [6.07, 6.45) is 0.907. The molecule has 0 atom stereocenters. The van der Waals surface area contributed by atoms with E-state index < -0.39 is 5.82 Å². The largest absolute Gasteiger partial charge is 0.319 e. The van der Waals surface area contributed by atoms with Gasteiger partial charge in [0.05, 0.1) is 16.4 Å². The van der Waals surface area contributed by atoms with E-state index >= 15 is 0 Å². The van der Waals surface area contributed by atoms with Gasteiger partial charge >= 0.3 is 0 Å². The third-order valence-electron chi connectivity index (χ3n) is 3.48. The molecular formula is C18H14BrFN2OS. The van der Waals surface area contributed by atoms with E-state index in [-0.39, 0.29) is 11.6 Å². The summed E-state index contributed by atoms with van der Waals surface area (Å²) in [5.74, 6) is -0.834. The number of thiazole rings is 1. The highest BCUT2D eigenvalue weighted by Gasteiger charge is 2.10. The summed E-state index contributed by atoms with van der Waals surface area (Å²) in [5, 5.41) is 5.66. The SMILES string of the molecule is CCc1nc(-c2ccc(C(=O)Nc3ccc(Br)cc3F)cc2)cs1. The van der Waals surface area contributed by atoms with E-state index in [0.717, 1.165) is 22.7 Å². The molecule has 122 valence electrons. The van der Waals surface area contributed by atoms with Crippen LogP contribution in [0.5, 0.6) is 0 Å². The standard InChI is InChI=1S/C18H14BrFN2OS/c1-2-17-21-16(10-24-17)11-3-5-12(6-4-11)18(23)22-15-8-7-13(19)9-14(15)20/h3-10H,2H2,1H3,(H,22,23). The van der Waals surface area contributed by atoms with Gasteiger partial charge in [-0.2, -0.15) is 0 Å². The zero-order valence-corrected chi connectivity index (χ0v) is 15.2. The van der Waals surface area contributed by atoms with Crippen LogP contribution in [0.1, 0.15) is 22.3 Å². The predicted molar refractivity (Wildman–Crippen MR) is 99.0 cm³/mol. The van der Waals surface area contributed by atoms with E-state index in [1.165, 1.54) is 12.1 Å². The second-order valence-corrected chi connectivity index (χ2v) is 6.99. The predicted octanol–water partition coefficient (Wildman–Crippen LogP) is 5.53. The number of aromatic nitrogens is 1. The highest BCUT2D eigenvalue weighted by atomic mass is 79.9. The van der Waals surface area contributed by atoms with Crippen LogP contribution in [-0.4, -0.2) is 10.9 Å². The van der Waals surface area contributed by atoms with Gasteiger partial charge in [-0.3, -0.25) is 4.79 Å². The Labute approximate surface area is 151 Å². The van der Waals surface area contributed by atoms with E-state index in [0.29, 0.717) is 10.0 Å². The summed E-state index contributed by atoms with van der Waals surface area (Å²) >= 11 is 4.81. The number of hydrogen-bond donors (Lipinski definition) is 1. The third-order valence-corrected chi connectivity index (χ3v) is 4.96. The van der Waals surface area contributed by atoms with Crippen molar-refractivity contribution in [2.75, 3.05) is 5.32 Å². The lowest BCUT2D eigenvalue weighted by molar-refractivity contribution is 0.102. The first-order valence-corrected chi connectivity index (χ1v) is 9.05. The quantitative estimate of drug-likeness (QED) is 0.621. The van der Waals surface area contributed by atoms with Crippen molar-refractivity contribution < 1.29 is 9.18 Å². The van der Waals surface area contributed by atoms with Crippen LogP contribution in [0, 0.1) is 5.82 Å². The van der Waals surface area contributed by atoms with Gasteiger partial charge < -0.3 is 5.32 Å². The van der Waals surface area contributed by atoms with Crippen LogP contribution in [0.15, 0.2) is 52.3 Å². The van der Waals surface area contributed by atoms with Crippen LogP contribution in [0.3, 0.4) is 0 Å². The molecule has 0 saturated heterocycles. The van der Waals surface area contributed by atoms with Crippen molar-refractivity contribution >= 4 is 38.9 Å². The first-order valence-electron chi connectivity index (χ1n) is 7.38. The minimum atomic E-state index is -0.482. The van der Waals surface area contributed by atoms with Crippen LogP contribution in [-0.2, 0) is 6.42 Å². The lowest BCUT2D eigenvalue weighted by Gasteiger charge is -2.07. The Kier molecular flexibility index (Phi) is 5.06. The van der Waals surface area contributed by atoms with Crippen molar-refractivity contribution in [3.63, 3.8) is 0 Å². The molecule has 0 fully saturated rings. The van der Waals surface area contributed by atoms with Crippen molar-refractivity contribution in [1.29, 1.82) is 0 Å². The highest BCUT2D eigenvalue weighted by Crippen LogP contribution is 2.23. The molecule has 1 amide bonds. The molecule has 3 nitrogen and oxygen atoms in total. The number of nitrogens with one attached hydrogen (secondary N) is 1. The van der Waals surface area contributed by atoms with Gasteiger partial charge in [-0.1, -0.05) is 35.0 Å². The zero-order chi connectivity index (χ0) is 17.1. The second kappa shape index (κ2) is 7.23. The van der Waals surface area contributed by atoms with Gasteiger partial charge in [0, 0.05) is 21.0 Å². The molecule has 0 spiro atoms. The topological polar surface area (TPSA) is 42.0 Å². The van der Waals surface area contributed by atoms with Gasteiger partial charge in [-0.05, 0) is 36.8 Å². The Morgan fingerprint density at radius 2 is 2.00 bits per heavy atom. The molecule has 0 saturated carbocycles. The molecule has 0 unspecified atom stereocenters. The van der Waals surface area contributed by atoms with Gasteiger partial charge in [0.25, 0.3) is 5.91 Å². The lowest BCUT2D eigenvalue weighted by atomic mass is 10.1. The number of halogens is 2. The number of hydrogen-bond acceptors (Lipinski definition) is 3. The zero-order valence-electron chi connectivity index (χ0n) is 12.8. The average molecular weight is 405 g/mol. The van der Waals surface area contributed by atoms with Crippen molar-refractivity contribution in [3.05, 3.63) is 68.7 Å². The maximum atomic E-state index is 13.8. The summed E-state index contributed by atoms with van der Waals surface area (Å²) in [4.78, 5) is 16.8. The average Bonchev–Trinajstić information content (AvgIpc) is 3.06. The van der Waals surface area contributed by atoms with Crippen molar-refractivity contribution in [2.24, 2.45) is 0 Å². The molecule has 3 rings (SSSR count). The molecule has 0 aliphatic rings. The van der Waals surface area contributed by atoms with Crippen LogP contribution >= 0.6 is 27.3 Å². The van der Waals surface area contributed by atoms with Gasteiger partial charge in [0.2, 0.25) is 0 Å². The molecule has 1 aromatic heterocycles. The summed E-state index contributed by atoms with van der Waals surface area (Å²) in [5.41, 5.74) is 2.48. The third kappa shape index (κ3) is 3.71. The first-order chi connectivity index (χ1) is 11.6. The highest BCUT2D eigenvalue weighted by molar-refractivity contribution is 9.10. The molecule has 6 heteroatoms. The number of anilines is 1. The number of amides is 1. The molecule has 24 heavy (non-hydrogen) atoms. The number of rotatable bonds is 4. The van der Waals surface area contributed by atoms with Gasteiger partial charge in [-0.25, -0.2) is 9.37 Å². The fraction of sp³-hybridized carbons (Fsp3) is 0.111. The Morgan fingerprint density at radius 3 is 2.62 bits per heavy atom. The summed E-state index contributed by atoms with van der Waals surface area (Å²) < 4.78 is 14.4. The lowest BCUT2D eigenvalue weighted by Crippen LogP contribution is -2.12. The Morgan fingerprint density at radius 1 is 1.25 bits per heavy atom. The molecule has 0 aliphatic heterocycles. The Hall–Kier alpha value is -2.05. The molecule has 0 bridgehead atoms. The van der Waals surface area contributed by atoms with E-state index in [2.05, 4.69) is 33.2 Å². The summed E-state index contributed by atoms with van der Waals surface area (Å²) in [7, 11) is 0. The maximum absolute atomic E-state index is 13.8. The minimum absolute atomic E-state index is 0.152. The van der Waals surface area contributed by atoms with E-state index in [1.807, 2.05) is 17.5 Å². The first kappa shape index (κ1) is 16.8. The number of carbonyl (C=O) groups excluding carboxylic acids is 1. The fourth-order valence-electron chi connectivity index (χ4n) is 2.18. The van der Waals surface area contributed by atoms with Gasteiger partial charge in [-0.15, -0.1) is 11.3 Å². The number of nitrogens with zero attached hydrogens (tertiary/aromatic N) is 1. The van der Waals surface area contributed by atoms with Crippen molar-refractivity contribution in [1.82, 2.24) is 4.98 Å². The minimum Gasteiger partial charge on any atom is -0.319 e. The van der Waals surface area contributed by atoms with E-state index in [4.69, 9.17) is 0 Å². The van der Waals surface area contributed by atoms with Crippen LogP contribution in [0.25, 0.3) is 11.3 Å². The van der Waals surface area contributed by atoms with Crippen molar-refractivity contribution in [3.8, 4) is 11.3 Å². The molecular weight excluding hydrogens is 391 g/mol. The van der Waals surface area contributed by atoms with E-state index in [1.54, 1.807) is 29.5 Å². The normalized spacial score (nSPS) is 10.6. The van der Waals surface area contributed by atoms with Crippen LogP contribution in [0.4, 0.5) is 10.1 Å². The molecule has 0 radical (unpaired) electrons. The monoisotopic (exact) mass is 404 g/mol. The second-order valence-electron chi connectivity index (χ2n) is 5.14. The van der Waals surface area contributed by atoms with Gasteiger partial charge in [0.15, 0.2) is 0 Å². The Bertz CT molecular complexity index is 877. The maximum Gasteiger partial charge on any atom is 0.255 e. The molecule has 1 N–H and O–H groups in total. The number of aryl methyl sites for hydroxylation is 1. The summed E-state index contributed by atoms with van der Waals surface area (Å²) in [6, 6.07) is 11.6. The molecule has 3 aromatic rings. The van der Waals surface area contributed by atoms with Gasteiger partial charge in [0.1, 0.15) is 5.82 Å². The molecule has 0 aliphatic carbocycles. The van der Waals surface area contributed by atoms with Crippen LogP contribution in [0.2, 0.25) is 0 Å². The van der Waals surface area contributed by atoms with Crippen LogP contribution < -0.4 is 5.32 Å². The van der Waals surface area contributed by atoms with E-state index in [9.17, 15) is 9.18 Å². The molecule has 2 aromatic carbocycles. The number of carbonyl (C=O) groups is 1.